The Morgan fingerprint density at radius 3 is 2.78 bits per heavy atom. The molecule has 1 aromatic heterocycles. The smallest absolute Gasteiger partial charge is 0.155 e. The van der Waals surface area contributed by atoms with Crippen LogP contribution in [0.4, 0.5) is 0 Å². The summed E-state index contributed by atoms with van der Waals surface area (Å²) in [6.45, 7) is 0.584. The van der Waals surface area contributed by atoms with E-state index in [0.29, 0.717) is 18.9 Å². The van der Waals surface area contributed by atoms with Gasteiger partial charge in [0.15, 0.2) is 5.82 Å². The van der Waals surface area contributed by atoms with Gasteiger partial charge < -0.3 is 9.84 Å². The first-order valence-electron chi connectivity index (χ1n) is 8.11. The topological polar surface area (TPSA) is 60.2 Å². The molecule has 1 heterocycles. The van der Waals surface area contributed by atoms with E-state index < -0.39 is 0 Å². The van der Waals surface area contributed by atoms with Crippen LogP contribution in [-0.4, -0.2) is 33.6 Å². The number of allylic oxidation sites excluding steroid dienone is 2. The second-order valence-corrected chi connectivity index (χ2v) is 5.89. The Morgan fingerprint density at radius 1 is 1.30 bits per heavy atom. The average Bonchev–Trinajstić information content (AvgIpc) is 3.20. The summed E-state index contributed by atoms with van der Waals surface area (Å²) >= 11 is 0. The van der Waals surface area contributed by atoms with Crippen molar-refractivity contribution in [3.8, 4) is 5.75 Å². The molecule has 23 heavy (non-hydrogen) atoms. The van der Waals surface area contributed by atoms with Crippen molar-refractivity contribution >= 4 is 0 Å². The van der Waals surface area contributed by atoms with Crippen molar-refractivity contribution in [2.24, 2.45) is 5.92 Å². The van der Waals surface area contributed by atoms with Gasteiger partial charge in [-0.3, -0.25) is 0 Å². The van der Waals surface area contributed by atoms with Crippen molar-refractivity contribution in [1.82, 2.24) is 14.8 Å². The van der Waals surface area contributed by atoms with Gasteiger partial charge in [0.25, 0.3) is 0 Å². The number of benzene rings is 1. The molecule has 0 saturated heterocycles. The normalized spacial score (nSPS) is 16.9. The van der Waals surface area contributed by atoms with Crippen LogP contribution in [-0.2, 0) is 19.4 Å². The van der Waals surface area contributed by atoms with Gasteiger partial charge in [0.2, 0.25) is 0 Å². The monoisotopic (exact) mass is 313 g/mol. The Kier molecular flexibility index (Phi) is 5.08. The minimum atomic E-state index is 0.0822. The lowest BCUT2D eigenvalue weighted by Crippen LogP contribution is -2.11. The van der Waals surface area contributed by atoms with Gasteiger partial charge in [-0.2, -0.15) is 5.10 Å². The molecule has 5 nitrogen and oxygen atoms in total. The van der Waals surface area contributed by atoms with Crippen LogP contribution in [0.3, 0.4) is 0 Å². The summed E-state index contributed by atoms with van der Waals surface area (Å²) < 4.78 is 7.03. The van der Waals surface area contributed by atoms with E-state index in [1.165, 1.54) is 6.42 Å². The molecule has 0 radical (unpaired) electrons. The summed E-state index contributed by atoms with van der Waals surface area (Å²) in [6, 6.07) is 7.96. The molecule has 0 unspecified atom stereocenters. The van der Waals surface area contributed by atoms with Gasteiger partial charge in [-0.1, -0.05) is 24.3 Å². The van der Waals surface area contributed by atoms with E-state index in [4.69, 9.17) is 9.72 Å². The van der Waals surface area contributed by atoms with Crippen LogP contribution in [0.15, 0.2) is 36.4 Å². The molecular formula is C18H23N3O2. The van der Waals surface area contributed by atoms with Crippen molar-refractivity contribution in [2.45, 2.75) is 32.2 Å². The first kappa shape index (κ1) is 15.7. The predicted octanol–water partition coefficient (Wildman–Crippen LogP) is 2.38. The zero-order valence-electron chi connectivity index (χ0n) is 13.5. The van der Waals surface area contributed by atoms with E-state index in [-0.39, 0.29) is 6.61 Å². The fourth-order valence-electron chi connectivity index (χ4n) is 2.95. The fourth-order valence-corrected chi connectivity index (χ4v) is 2.95. The SMILES string of the molecule is COc1ccc(Cc2nc(C[C@H]3C=CCC3)n(CCO)n2)cc1. The number of methoxy groups -OCH3 is 1. The fraction of sp³-hybridized carbons (Fsp3) is 0.444. The number of ether oxygens (including phenoxy) is 1. The van der Waals surface area contributed by atoms with E-state index in [0.717, 1.165) is 35.8 Å². The van der Waals surface area contributed by atoms with E-state index >= 15 is 0 Å². The van der Waals surface area contributed by atoms with Crippen LogP contribution < -0.4 is 4.74 Å². The van der Waals surface area contributed by atoms with E-state index in [9.17, 15) is 5.11 Å². The average molecular weight is 313 g/mol. The highest BCUT2D eigenvalue weighted by Gasteiger charge is 2.16. The molecule has 3 rings (SSSR count). The van der Waals surface area contributed by atoms with Crippen LogP contribution in [0.5, 0.6) is 5.75 Å². The molecule has 122 valence electrons. The lowest BCUT2D eigenvalue weighted by atomic mass is 10.1. The predicted molar refractivity (Wildman–Crippen MR) is 88.5 cm³/mol. The summed E-state index contributed by atoms with van der Waals surface area (Å²) in [7, 11) is 1.66. The van der Waals surface area contributed by atoms with Gasteiger partial charge in [-0.25, -0.2) is 9.67 Å². The number of rotatable bonds is 7. The van der Waals surface area contributed by atoms with Crippen LogP contribution in [0.2, 0.25) is 0 Å². The van der Waals surface area contributed by atoms with Crippen LogP contribution in [0, 0.1) is 5.92 Å². The zero-order chi connectivity index (χ0) is 16.1. The van der Waals surface area contributed by atoms with E-state index in [1.54, 1.807) is 7.11 Å². The summed E-state index contributed by atoms with van der Waals surface area (Å²) in [5.74, 6) is 3.17. The van der Waals surface area contributed by atoms with Crippen molar-refractivity contribution in [3.05, 3.63) is 53.6 Å². The molecule has 1 atom stereocenters. The number of nitrogens with zero attached hydrogens (tertiary/aromatic N) is 3. The van der Waals surface area contributed by atoms with E-state index in [2.05, 4.69) is 17.3 Å². The number of aliphatic hydroxyl groups excluding tert-OH is 1. The van der Waals surface area contributed by atoms with Gasteiger partial charge in [-0.05, 0) is 36.5 Å². The van der Waals surface area contributed by atoms with E-state index in [1.807, 2.05) is 28.9 Å². The van der Waals surface area contributed by atoms with Crippen LogP contribution >= 0.6 is 0 Å². The summed E-state index contributed by atoms with van der Waals surface area (Å²) in [5, 5.41) is 13.8. The second-order valence-electron chi connectivity index (χ2n) is 5.89. The number of aromatic nitrogens is 3. The van der Waals surface area contributed by atoms with Crippen molar-refractivity contribution < 1.29 is 9.84 Å². The second kappa shape index (κ2) is 7.42. The Balaban J connectivity index is 1.74. The Bertz CT molecular complexity index is 661. The third kappa shape index (κ3) is 3.99. The third-order valence-corrected chi connectivity index (χ3v) is 4.18. The minimum Gasteiger partial charge on any atom is -0.497 e. The molecule has 0 fully saturated rings. The first-order chi connectivity index (χ1) is 11.3. The Morgan fingerprint density at radius 2 is 2.13 bits per heavy atom. The highest BCUT2D eigenvalue weighted by molar-refractivity contribution is 5.28. The maximum absolute atomic E-state index is 9.25. The summed E-state index contributed by atoms with van der Waals surface area (Å²) in [4.78, 5) is 4.71. The van der Waals surface area contributed by atoms with Crippen molar-refractivity contribution in [1.29, 1.82) is 0 Å². The number of aliphatic hydroxyl groups is 1. The molecule has 0 aliphatic heterocycles. The quantitative estimate of drug-likeness (QED) is 0.797. The largest absolute Gasteiger partial charge is 0.497 e. The number of hydrogen-bond acceptors (Lipinski definition) is 4. The lowest BCUT2D eigenvalue weighted by Gasteiger charge is -2.07. The molecule has 0 saturated carbocycles. The third-order valence-electron chi connectivity index (χ3n) is 4.18. The molecule has 0 spiro atoms. The van der Waals surface area contributed by atoms with Crippen LogP contribution in [0.1, 0.15) is 30.1 Å². The van der Waals surface area contributed by atoms with Crippen molar-refractivity contribution in [2.75, 3.05) is 13.7 Å². The summed E-state index contributed by atoms with van der Waals surface area (Å²) in [6.07, 6.45) is 8.41. The van der Waals surface area contributed by atoms with Gasteiger partial charge >= 0.3 is 0 Å². The highest BCUT2D eigenvalue weighted by atomic mass is 16.5. The highest BCUT2D eigenvalue weighted by Crippen LogP contribution is 2.21. The molecular weight excluding hydrogens is 290 g/mol. The molecule has 5 heteroatoms. The standard InChI is InChI=1S/C18H23N3O2/c1-23-16-8-6-15(7-9-16)12-17-19-18(21(20-17)10-11-22)13-14-4-2-3-5-14/h2,4,6-9,14,22H,3,5,10-13H2,1H3/t14-/m0/s1. The number of hydrogen-bond donors (Lipinski definition) is 1. The van der Waals surface area contributed by atoms with Gasteiger partial charge in [0.1, 0.15) is 11.6 Å². The molecule has 1 aliphatic carbocycles. The molecule has 0 amide bonds. The van der Waals surface area contributed by atoms with Gasteiger partial charge in [0, 0.05) is 12.8 Å². The molecule has 1 N–H and O–H groups in total. The lowest BCUT2D eigenvalue weighted by molar-refractivity contribution is 0.266. The van der Waals surface area contributed by atoms with Gasteiger partial charge in [0.05, 0.1) is 20.3 Å². The van der Waals surface area contributed by atoms with Gasteiger partial charge in [-0.15, -0.1) is 0 Å². The first-order valence-corrected chi connectivity index (χ1v) is 8.11. The minimum absolute atomic E-state index is 0.0822. The molecule has 0 bridgehead atoms. The maximum atomic E-state index is 9.25. The summed E-state index contributed by atoms with van der Waals surface area (Å²) in [5.41, 5.74) is 1.15. The van der Waals surface area contributed by atoms with Crippen LogP contribution in [0.25, 0.3) is 0 Å². The maximum Gasteiger partial charge on any atom is 0.155 e. The molecule has 1 aromatic carbocycles. The van der Waals surface area contributed by atoms with Crippen molar-refractivity contribution in [3.63, 3.8) is 0 Å². The molecule has 1 aliphatic rings. The molecule has 2 aromatic rings. The zero-order valence-corrected chi connectivity index (χ0v) is 13.5. The Labute approximate surface area is 136 Å². The Hall–Kier alpha value is -2.14.